The van der Waals surface area contributed by atoms with Crippen molar-refractivity contribution in [3.05, 3.63) is 18.3 Å². The first kappa shape index (κ1) is 20.0. The molecular weight excluding hydrogens is 307 g/mol. The molecule has 0 saturated heterocycles. The van der Waals surface area contributed by atoms with E-state index in [0.717, 1.165) is 23.8 Å². The number of rotatable bonds is 8. The lowest BCUT2D eigenvalue weighted by Gasteiger charge is -2.18. The van der Waals surface area contributed by atoms with E-state index in [9.17, 15) is 0 Å². The minimum Gasteiger partial charge on any atom is -0.286 e. The zero-order valence-corrected chi connectivity index (χ0v) is 14.2. The Labute approximate surface area is 140 Å². The number of hydrogen-bond donors (Lipinski definition) is 2. The van der Waals surface area contributed by atoms with Crippen LogP contribution in [0.15, 0.2) is 23.3 Å². The van der Waals surface area contributed by atoms with Gasteiger partial charge in [-0.2, -0.15) is 0 Å². The summed E-state index contributed by atoms with van der Waals surface area (Å²) >= 11 is 0. The summed E-state index contributed by atoms with van der Waals surface area (Å²) in [7, 11) is 0. The van der Waals surface area contributed by atoms with E-state index in [1.807, 2.05) is 12.1 Å². The molecule has 1 aromatic heterocycles. The molecule has 2 N–H and O–H groups in total. The van der Waals surface area contributed by atoms with E-state index in [0.29, 0.717) is 0 Å². The van der Waals surface area contributed by atoms with Crippen molar-refractivity contribution in [3.63, 3.8) is 0 Å². The highest BCUT2D eigenvalue weighted by atomic mass is 35.5. The van der Waals surface area contributed by atoms with E-state index < -0.39 is 0 Å². The van der Waals surface area contributed by atoms with Crippen LogP contribution < -0.4 is 10.9 Å². The number of amidine groups is 1. The molecule has 2 heterocycles. The smallest absolute Gasteiger partial charge is 0.170 e. The SMILES string of the molecule is CCCCCCCCCC1=Nc2cccnc2NN1.Cl.Cl. The summed E-state index contributed by atoms with van der Waals surface area (Å²) in [5.74, 6) is 1.83. The van der Waals surface area contributed by atoms with Gasteiger partial charge in [0.25, 0.3) is 0 Å². The van der Waals surface area contributed by atoms with Gasteiger partial charge in [0.05, 0.1) is 0 Å². The van der Waals surface area contributed by atoms with E-state index in [1.165, 1.54) is 44.9 Å². The third-order valence-corrected chi connectivity index (χ3v) is 3.38. The average molecular weight is 333 g/mol. The molecule has 120 valence electrons. The summed E-state index contributed by atoms with van der Waals surface area (Å²) in [6, 6.07) is 3.90. The lowest BCUT2D eigenvalue weighted by atomic mass is 10.1. The number of unbranched alkanes of at least 4 members (excludes halogenated alkanes) is 6. The van der Waals surface area contributed by atoms with E-state index >= 15 is 0 Å². The summed E-state index contributed by atoms with van der Waals surface area (Å²) in [5, 5.41) is 0. The van der Waals surface area contributed by atoms with E-state index in [-0.39, 0.29) is 24.8 Å². The van der Waals surface area contributed by atoms with E-state index in [1.54, 1.807) is 6.20 Å². The number of anilines is 1. The molecule has 6 heteroatoms. The van der Waals surface area contributed by atoms with Crippen LogP contribution in [0.5, 0.6) is 0 Å². The lowest BCUT2D eigenvalue weighted by molar-refractivity contribution is 0.594. The van der Waals surface area contributed by atoms with E-state index in [2.05, 4.69) is 27.8 Å². The van der Waals surface area contributed by atoms with Crippen LogP contribution in [-0.4, -0.2) is 10.8 Å². The average Bonchev–Trinajstić information content (AvgIpc) is 2.46. The van der Waals surface area contributed by atoms with Crippen molar-refractivity contribution >= 4 is 42.2 Å². The van der Waals surface area contributed by atoms with Crippen molar-refractivity contribution in [2.24, 2.45) is 4.99 Å². The van der Waals surface area contributed by atoms with Crippen LogP contribution in [0.25, 0.3) is 0 Å². The fourth-order valence-electron chi connectivity index (χ4n) is 2.26. The summed E-state index contributed by atoms with van der Waals surface area (Å²) < 4.78 is 0. The number of nitrogens with zero attached hydrogens (tertiary/aromatic N) is 2. The number of halogens is 2. The summed E-state index contributed by atoms with van der Waals surface area (Å²) in [4.78, 5) is 8.78. The molecule has 0 amide bonds. The number of hydrazine groups is 1. The maximum Gasteiger partial charge on any atom is 0.170 e. The molecule has 1 aliphatic rings. The minimum atomic E-state index is 0. The van der Waals surface area contributed by atoms with Crippen LogP contribution >= 0.6 is 24.8 Å². The lowest BCUT2D eigenvalue weighted by Crippen LogP contribution is -2.32. The predicted molar refractivity (Wildman–Crippen MR) is 95.2 cm³/mol. The fraction of sp³-hybridized carbons (Fsp3) is 0.600. The second-order valence-corrected chi connectivity index (χ2v) is 5.05. The third kappa shape index (κ3) is 7.00. The summed E-state index contributed by atoms with van der Waals surface area (Å²) in [6.45, 7) is 2.26. The molecular formula is C15H26Cl2N4. The molecule has 0 atom stereocenters. The number of aromatic nitrogens is 1. The Hall–Kier alpha value is -1.00. The second-order valence-electron chi connectivity index (χ2n) is 5.05. The molecule has 21 heavy (non-hydrogen) atoms. The van der Waals surface area contributed by atoms with E-state index in [4.69, 9.17) is 0 Å². The van der Waals surface area contributed by atoms with Crippen LogP contribution in [0.1, 0.15) is 58.3 Å². The van der Waals surface area contributed by atoms with Gasteiger partial charge in [0.2, 0.25) is 0 Å². The molecule has 0 saturated carbocycles. The van der Waals surface area contributed by atoms with Crippen molar-refractivity contribution in [2.75, 3.05) is 5.43 Å². The number of hydrogen-bond acceptors (Lipinski definition) is 4. The van der Waals surface area contributed by atoms with Gasteiger partial charge in [0.1, 0.15) is 11.5 Å². The molecule has 1 aromatic rings. The van der Waals surface area contributed by atoms with Crippen LogP contribution in [0.4, 0.5) is 11.5 Å². The van der Waals surface area contributed by atoms with Crippen molar-refractivity contribution in [1.82, 2.24) is 10.4 Å². The Morgan fingerprint density at radius 1 is 0.952 bits per heavy atom. The van der Waals surface area contributed by atoms with Gasteiger partial charge in [-0.3, -0.25) is 10.9 Å². The van der Waals surface area contributed by atoms with Gasteiger partial charge < -0.3 is 0 Å². The molecule has 2 rings (SSSR count). The first-order chi connectivity index (χ1) is 9.40. The topological polar surface area (TPSA) is 49.3 Å². The van der Waals surface area contributed by atoms with Gasteiger partial charge in [-0.25, -0.2) is 9.98 Å². The first-order valence-electron chi connectivity index (χ1n) is 7.45. The van der Waals surface area contributed by atoms with Gasteiger partial charge in [-0.15, -0.1) is 24.8 Å². The summed E-state index contributed by atoms with van der Waals surface area (Å²) in [6.07, 6.45) is 12.1. The zero-order chi connectivity index (χ0) is 13.3. The normalized spacial score (nSPS) is 12.0. The van der Waals surface area contributed by atoms with Crippen LogP contribution in [0.2, 0.25) is 0 Å². The molecule has 1 aliphatic heterocycles. The quantitative estimate of drug-likeness (QED) is 0.656. The first-order valence-corrected chi connectivity index (χ1v) is 7.45. The monoisotopic (exact) mass is 332 g/mol. The second kappa shape index (κ2) is 11.6. The van der Waals surface area contributed by atoms with Gasteiger partial charge >= 0.3 is 0 Å². The Morgan fingerprint density at radius 3 is 2.43 bits per heavy atom. The zero-order valence-electron chi connectivity index (χ0n) is 12.6. The molecule has 0 fully saturated rings. The Bertz CT molecular complexity index is 424. The highest BCUT2D eigenvalue weighted by Crippen LogP contribution is 2.24. The highest BCUT2D eigenvalue weighted by Gasteiger charge is 2.10. The Morgan fingerprint density at radius 2 is 1.67 bits per heavy atom. The van der Waals surface area contributed by atoms with Gasteiger partial charge in [0.15, 0.2) is 5.82 Å². The van der Waals surface area contributed by atoms with Gasteiger partial charge in [-0.05, 0) is 18.6 Å². The number of fused-ring (bicyclic) bond motifs is 1. The standard InChI is InChI=1S/C15H24N4.2ClH/c1-2-3-4-5-6-7-8-11-14-17-13-10-9-12-16-15(13)19-18-14;;/h9-10,12H,2-8,11H2,1H3,(H,16,19)(H,17,18);2*1H. The number of pyridine rings is 1. The van der Waals surface area contributed by atoms with Gasteiger partial charge in [-0.1, -0.05) is 45.4 Å². The maximum absolute atomic E-state index is 4.57. The Kier molecular flexibility index (Phi) is 11.1. The van der Waals surface area contributed by atoms with Gasteiger partial charge in [0, 0.05) is 12.6 Å². The predicted octanol–water partition coefficient (Wildman–Crippen LogP) is 5.03. The number of nitrogens with one attached hydrogen (secondary N) is 2. The highest BCUT2D eigenvalue weighted by molar-refractivity contribution is 5.89. The van der Waals surface area contributed by atoms with Crippen LogP contribution in [0, 0.1) is 0 Å². The van der Waals surface area contributed by atoms with Crippen molar-refractivity contribution in [3.8, 4) is 0 Å². The number of aliphatic imine (C=N–C) groups is 1. The fourth-order valence-corrected chi connectivity index (χ4v) is 2.26. The molecule has 0 unspecified atom stereocenters. The largest absolute Gasteiger partial charge is 0.286 e. The van der Waals surface area contributed by atoms with Crippen LogP contribution in [0.3, 0.4) is 0 Å². The van der Waals surface area contributed by atoms with Crippen molar-refractivity contribution in [2.45, 2.75) is 58.3 Å². The van der Waals surface area contributed by atoms with Crippen molar-refractivity contribution in [1.29, 1.82) is 0 Å². The molecule has 0 aliphatic carbocycles. The molecule has 0 radical (unpaired) electrons. The van der Waals surface area contributed by atoms with Crippen molar-refractivity contribution < 1.29 is 0 Å². The molecule has 4 nitrogen and oxygen atoms in total. The molecule has 0 bridgehead atoms. The molecule has 0 aromatic carbocycles. The minimum absolute atomic E-state index is 0. The summed E-state index contributed by atoms with van der Waals surface area (Å²) in [5.41, 5.74) is 7.14. The Balaban J connectivity index is 0.00000200. The third-order valence-electron chi connectivity index (χ3n) is 3.38. The maximum atomic E-state index is 4.57. The van der Waals surface area contributed by atoms with Crippen LogP contribution in [-0.2, 0) is 0 Å². The molecule has 0 spiro atoms.